The Labute approximate surface area is 118 Å². The van der Waals surface area contributed by atoms with E-state index < -0.39 is 0 Å². The van der Waals surface area contributed by atoms with Gasteiger partial charge in [0.2, 0.25) is 0 Å². The third kappa shape index (κ3) is 3.05. The molecule has 5 nitrogen and oxygen atoms in total. The van der Waals surface area contributed by atoms with Crippen molar-refractivity contribution in [3.63, 3.8) is 0 Å². The second kappa shape index (κ2) is 5.73. The third-order valence-electron chi connectivity index (χ3n) is 3.42. The van der Waals surface area contributed by atoms with Crippen molar-refractivity contribution in [2.45, 2.75) is 26.5 Å². The quantitative estimate of drug-likeness (QED) is 0.858. The fraction of sp³-hybridized carbons (Fsp3) is 0.467. The minimum absolute atomic E-state index is 0.270. The van der Waals surface area contributed by atoms with Gasteiger partial charge in [0.1, 0.15) is 0 Å². The Hall–Kier alpha value is -1.72. The molecule has 1 saturated heterocycles. The fourth-order valence-corrected chi connectivity index (χ4v) is 2.45. The predicted octanol–water partition coefficient (Wildman–Crippen LogP) is 2.27. The SMILES string of the molecule is Cc1cccc(-c2nc(CN3CCO[C@H](C)C3)no2)c1. The lowest BCUT2D eigenvalue weighted by atomic mass is 10.1. The van der Waals surface area contributed by atoms with Gasteiger partial charge in [-0.2, -0.15) is 4.98 Å². The highest BCUT2D eigenvalue weighted by Crippen LogP contribution is 2.19. The molecule has 0 aliphatic carbocycles. The Morgan fingerprint density at radius 3 is 3.10 bits per heavy atom. The molecule has 1 aromatic carbocycles. The zero-order chi connectivity index (χ0) is 13.9. The van der Waals surface area contributed by atoms with Crippen LogP contribution < -0.4 is 0 Å². The predicted molar refractivity (Wildman–Crippen MR) is 75.2 cm³/mol. The number of ether oxygens (including phenoxy) is 1. The Morgan fingerprint density at radius 2 is 2.30 bits per heavy atom. The van der Waals surface area contributed by atoms with Gasteiger partial charge in [-0.15, -0.1) is 0 Å². The van der Waals surface area contributed by atoms with Crippen LogP contribution in [0.1, 0.15) is 18.3 Å². The van der Waals surface area contributed by atoms with Gasteiger partial charge in [-0.3, -0.25) is 4.90 Å². The molecule has 1 atom stereocenters. The minimum Gasteiger partial charge on any atom is -0.376 e. The van der Waals surface area contributed by atoms with E-state index in [-0.39, 0.29) is 6.10 Å². The maximum atomic E-state index is 5.53. The van der Waals surface area contributed by atoms with Crippen LogP contribution in [0.4, 0.5) is 0 Å². The van der Waals surface area contributed by atoms with Crippen LogP contribution in [-0.2, 0) is 11.3 Å². The first kappa shape index (κ1) is 13.3. The summed E-state index contributed by atoms with van der Waals surface area (Å²) in [5.41, 5.74) is 2.16. The molecule has 0 radical (unpaired) electrons. The highest BCUT2D eigenvalue weighted by atomic mass is 16.5. The number of hydrogen-bond acceptors (Lipinski definition) is 5. The van der Waals surface area contributed by atoms with E-state index in [1.807, 2.05) is 18.2 Å². The summed E-state index contributed by atoms with van der Waals surface area (Å²) >= 11 is 0. The van der Waals surface area contributed by atoms with Gasteiger partial charge >= 0.3 is 0 Å². The van der Waals surface area contributed by atoms with Crippen LogP contribution in [0.15, 0.2) is 28.8 Å². The Kier molecular flexibility index (Phi) is 3.80. The van der Waals surface area contributed by atoms with E-state index in [2.05, 4.69) is 35.0 Å². The first-order chi connectivity index (χ1) is 9.70. The van der Waals surface area contributed by atoms with E-state index in [0.717, 1.165) is 31.1 Å². The van der Waals surface area contributed by atoms with Crippen molar-refractivity contribution < 1.29 is 9.26 Å². The van der Waals surface area contributed by atoms with E-state index in [4.69, 9.17) is 9.26 Å². The van der Waals surface area contributed by atoms with Crippen LogP contribution in [-0.4, -0.2) is 40.8 Å². The van der Waals surface area contributed by atoms with Crippen molar-refractivity contribution in [1.29, 1.82) is 0 Å². The largest absolute Gasteiger partial charge is 0.376 e. The van der Waals surface area contributed by atoms with Crippen LogP contribution in [0.3, 0.4) is 0 Å². The molecule has 0 amide bonds. The molecule has 0 spiro atoms. The molecule has 1 aliphatic heterocycles. The average Bonchev–Trinajstić information content (AvgIpc) is 2.87. The van der Waals surface area contributed by atoms with Crippen LogP contribution in [0, 0.1) is 6.92 Å². The van der Waals surface area contributed by atoms with Crippen molar-refractivity contribution in [1.82, 2.24) is 15.0 Å². The average molecular weight is 273 g/mol. The molecule has 2 heterocycles. The minimum atomic E-state index is 0.270. The van der Waals surface area contributed by atoms with E-state index >= 15 is 0 Å². The smallest absolute Gasteiger partial charge is 0.257 e. The van der Waals surface area contributed by atoms with Crippen molar-refractivity contribution >= 4 is 0 Å². The molecule has 0 bridgehead atoms. The number of benzene rings is 1. The highest BCUT2D eigenvalue weighted by Gasteiger charge is 2.19. The van der Waals surface area contributed by atoms with Crippen LogP contribution in [0.5, 0.6) is 0 Å². The molecule has 106 valence electrons. The third-order valence-corrected chi connectivity index (χ3v) is 3.42. The zero-order valence-electron chi connectivity index (χ0n) is 11.9. The van der Waals surface area contributed by atoms with E-state index in [1.165, 1.54) is 5.56 Å². The molecule has 1 aromatic heterocycles. The monoisotopic (exact) mass is 273 g/mol. The van der Waals surface area contributed by atoms with Crippen LogP contribution in [0.2, 0.25) is 0 Å². The summed E-state index contributed by atoms with van der Waals surface area (Å²) in [5, 5.41) is 4.07. The number of aromatic nitrogens is 2. The molecule has 20 heavy (non-hydrogen) atoms. The van der Waals surface area contributed by atoms with Gasteiger partial charge in [-0.05, 0) is 26.0 Å². The van der Waals surface area contributed by atoms with E-state index in [1.54, 1.807) is 0 Å². The second-order valence-electron chi connectivity index (χ2n) is 5.30. The van der Waals surface area contributed by atoms with Crippen molar-refractivity contribution in [3.05, 3.63) is 35.7 Å². The number of morpholine rings is 1. The van der Waals surface area contributed by atoms with Gasteiger partial charge in [0.15, 0.2) is 5.82 Å². The number of aryl methyl sites for hydroxylation is 1. The fourth-order valence-electron chi connectivity index (χ4n) is 2.45. The molecular weight excluding hydrogens is 254 g/mol. The number of hydrogen-bond donors (Lipinski definition) is 0. The lowest BCUT2D eigenvalue weighted by Crippen LogP contribution is -2.40. The maximum absolute atomic E-state index is 5.53. The van der Waals surface area contributed by atoms with Crippen LogP contribution >= 0.6 is 0 Å². The molecule has 1 fully saturated rings. The summed E-state index contributed by atoms with van der Waals surface area (Å²) in [6, 6.07) is 8.09. The Morgan fingerprint density at radius 1 is 1.40 bits per heavy atom. The van der Waals surface area contributed by atoms with Crippen molar-refractivity contribution in [2.24, 2.45) is 0 Å². The summed E-state index contributed by atoms with van der Waals surface area (Å²) in [7, 11) is 0. The normalized spacial score (nSPS) is 20.2. The molecule has 2 aromatic rings. The second-order valence-corrected chi connectivity index (χ2v) is 5.30. The van der Waals surface area contributed by atoms with Gasteiger partial charge in [-0.25, -0.2) is 0 Å². The lowest BCUT2D eigenvalue weighted by Gasteiger charge is -2.29. The van der Waals surface area contributed by atoms with E-state index in [9.17, 15) is 0 Å². The van der Waals surface area contributed by atoms with Gasteiger partial charge < -0.3 is 9.26 Å². The summed E-state index contributed by atoms with van der Waals surface area (Å²) in [6.07, 6.45) is 0.270. The Bertz CT molecular complexity index is 582. The Balaban J connectivity index is 1.70. The van der Waals surface area contributed by atoms with Gasteiger partial charge in [0.05, 0.1) is 19.3 Å². The molecule has 3 rings (SSSR count). The number of nitrogens with zero attached hydrogens (tertiary/aromatic N) is 3. The molecule has 5 heteroatoms. The molecular formula is C15H19N3O2. The molecule has 0 unspecified atom stereocenters. The summed E-state index contributed by atoms with van der Waals surface area (Å²) in [4.78, 5) is 6.77. The lowest BCUT2D eigenvalue weighted by molar-refractivity contribution is -0.0221. The summed E-state index contributed by atoms with van der Waals surface area (Å²) in [5.74, 6) is 1.32. The molecule has 0 N–H and O–H groups in total. The number of rotatable bonds is 3. The van der Waals surface area contributed by atoms with Crippen molar-refractivity contribution in [2.75, 3.05) is 19.7 Å². The standard InChI is InChI=1S/C15H19N3O2/c1-11-4-3-5-13(8-11)15-16-14(17-20-15)10-18-6-7-19-12(2)9-18/h3-5,8,12H,6-7,9-10H2,1-2H3/t12-/m1/s1. The first-order valence-corrected chi connectivity index (χ1v) is 6.94. The maximum Gasteiger partial charge on any atom is 0.257 e. The summed E-state index contributed by atoms with van der Waals surface area (Å²) < 4.78 is 10.9. The van der Waals surface area contributed by atoms with Gasteiger partial charge in [0.25, 0.3) is 5.89 Å². The topological polar surface area (TPSA) is 51.4 Å². The summed E-state index contributed by atoms with van der Waals surface area (Å²) in [6.45, 7) is 7.44. The molecule has 0 saturated carbocycles. The van der Waals surface area contributed by atoms with Crippen molar-refractivity contribution in [3.8, 4) is 11.5 Å². The van der Waals surface area contributed by atoms with Crippen LogP contribution in [0.25, 0.3) is 11.5 Å². The zero-order valence-corrected chi connectivity index (χ0v) is 11.9. The van der Waals surface area contributed by atoms with Gasteiger partial charge in [-0.1, -0.05) is 22.9 Å². The van der Waals surface area contributed by atoms with E-state index in [0.29, 0.717) is 12.4 Å². The first-order valence-electron chi connectivity index (χ1n) is 6.94. The molecule has 1 aliphatic rings. The van der Waals surface area contributed by atoms with Gasteiger partial charge in [0, 0.05) is 18.7 Å². The highest BCUT2D eigenvalue weighted by molar-refractivity contribution is 5.53.